The molecule has 0 aliphatic rings. The number of aryl methyl sites for hydroxylation is 1. The molecule has 23 heavy (non-hydrogen) atoms. The van der Waals surface area contributed by atoms with Gasteiger partial charge in [-0.3, -0.25) is 9.59 Å². The summed E-state index contributed by atoms with van der Waals surface area (Å²) in [5.41, 5.74) is 8.43. The number of nitrogen functional groups attached to an aromatic ring is 1. The van der Waals surface area contributed by atoms with Gasteiger partial charge in [0.15, 0.2) is 0 Å². The summed E-state index contributed by atoms with van der Waals surface area (Å²) in [5.74, 6) is -0.436. The van der Waals surface area contributed by atoms with Crippen molar-refractivity contribution in [3.05, 3.63) is 59.7 Å². The molecule has 0 radical (unpaired) electrons. The highest BCUT2D eigenvalue weighted by atomic mass is 16.5. The van der Waals surface area contributed by atoms with E-state index in [1.165, 1.54) is 0 Å². The highest BCUT2D eigenvalue weighted by molar-refractivity contribution is 6.05. The summed E-state index contributed by atoms with van der Waals surface area (Å²) in [6.45, 7) is 2.17. The molecule has 2 rings (SSSR count). The second kappa shape index (κ2) is 7.98. The van der Waals surface area contributed by atoms with Gasteiger partial charge in [-0.1, -0.05) is 24.3 Å². The minimum absolute atomic E-state index is 0.214. The van der Waals surface area contributed by atoms with Crippen molar-refractivity contribution in [2.45, 2.75) is 19.8 Å². The monoisotopic (exact) mass is 312 g/mol. The highest BCUT2D eigenvalue weighted by Crippen LogP contribution is 2.18. The van der Waals surface area contributed by atoms with Crippen LogP contribution in [0.15, 0.2) is 48.5 Å². The van der Waals surface area contributed by atoms with Gasteiger partial charge in [-0.15, -0.1) is 0 Å². The molecule has 0 aliphatic heterocycles. The van der Waals surface area contributed by atoms with E-state index in [4.69, 9.17) is 10.5 Å². The normalized spacial score (nSPS) is 10.1. The maximum absolute atomic E-state index is 12.2. The fourth-order valence-corrected chi connectivity index (χ4v) is 2.11. The van der Waals surface area contributed by atoms with Crippen molar-refractivity contribution in [1.82, 2.24) is 0 Å². The number of anilines is 2. The Kier molecular flexibility index (Phi) is 5.74. The largest absolute Gasteiger partial charge is 0.466 e. The Morgan fingerprint density at radius 2 is 1.78 bits per heavy atom. The smallest absolute Gasteiger partial charge is 0.306 e. The number of nitrogens with two attached hydrogens (primary N) is 1. The van der Waals surface area contributed by atoms with Crippen molar-refractivity contribution in [3.8, 4) is 0 Å². The van der Waals surface area contributed by atoms with Crippen molar-refractivity contribution < 1.29 is 14.3 Å². The number of carbonyl (C=O) groups is 2. The fraction of sp³-hybridized carbons (Fsp3) is 0.222. The predicted octanol–water partition coefficient (Wildman–Crippen LogP) is 3.02. The number of carbonyl (C=O) groups excluding carboxylic acids is 2. The van der Waals surface area contributed by atoms with Gasteiger partial charge in [0.1, 0.15) is 0 Å². The third kappa shape index (κ3) is 4.85. The number of hydrogen-bond acceptors (Lipinski definition) is 4. The molecule has 0 atom stereocenters. The van der Waals surface area contributed by atoms with Crippen molar-refractivity contribution in [2.24, 2.45) is 0 Å². The highest BCUT2D eigenvalue weighted by Gasteiger charge is 2.08. The Hall–Kier alpha value is -2.82. The second-order valence-corrected chi connectivity index (χ2v) is 5.04. The number of esters is 1. The summed E-state index contributed by atoms with van der Waals surface area (Å²) in [4.78, 5) is 23.5. The van der Waals surface area contributed by atoms with Crippen LogP contribution in [0.4, 0.5) is 11.4 Å². The van der Waals surface area contributed by atoms with Crippen molar-refractivity contribution in [3.63, 3.8) is 0 Å². The Morgan fingerprint density at radius 3 is 2.43 bits per heavy atom. The first-order valence-corrected chi connectivity index (χ1v) is 7.50. The molecule has 2 aromatic rings. The Bertz CT molecular complexity index is 681. The lowest BCUT2D eigenvalue weighted by Gasteiger charge is -2.08. The van der Waals surface area contributed by atoms with Crippen LogP contribution < -0.4 is 11.1 Å². The molecule has 0 aliphatic carbocycles. The molecule has 0 heterocycles. The summed E-state index contributed by atoms with van der Waals surface area (Å²) in [7, 11) is 0. The van der Waals surface area contributed by atoms with Gasteiger partial charge in [0.2, 0.25) is 0 Å². The van der Waals surface area contributed by atoms with Crippen LogP contribution >= 0.6 is 0 Å². The number of rotatable bonds is 6. The van der Waals surface area contributed by atoms with Gasteiger partial charge in [-0.05, 0) is 43.2 Å². The van der Waals surface area contributed by atoms with Gasteiger partial charge >= 0.3 is 5.97 Å². The first-order chi connectivity index (χ1) is 11.1. The number of benzene rings is 2. The quantitative estimate of drug-likeness (QED) is 0.634. The van der Waals surface area contributed by atoms with Gasteiger partial charge in [0, 0.05) is 12.0 Å². The summed E-state index contributed by atoms with van der Waals surface area (Å²) in [5, 5.41) is 2.77. The van der Waals surface area contributed by atoms with Crippen molar-refractivity contribution in [1.29, 1.82) is 0 Å². The molecule has 0 bridgehead atoms. The standard InChI is InChI=1S/C18H20N2O3/c1-2-23-17(21)12-9-13-7-10-14(11-8-13)18(22)20-16-6-4-3-5-15(16)19/h3-8,10-11H,2,9,12,19H2,1H3,(H,20,22). The Morgan fingerprint density at radius 1 is 1.09 bits per heavy atom. The van der Waals surface area contributed by atoms with Crippen LogP contribution in [0.25, 0.3) is 0 Å². The predicted molar refractivity (Wildman–Crippen MR) is 90.2 cm³/mol. The molecule has 120 valence electrons. The molecule has 1 amide bonds. The summed E-state index contributed by atoms with van der Waals surface area (Å²) in [6.07, 6.45) is 0.923. The maximum Gasteiger partial charge on any atom is 0.306 e. The topological polar surface area (TPSA) is 81.4 Å². The van der Waals surface area contributed by atoms with Crippen molar-refractivity contribution >= 4 is 23.3 Å². The molecule has 0 saturated heterocycles. The SMILES string of the molecule is CCOC(=O)CCc1ccc(C(=O)Nc2ccccc2N)cc1. The number of ether oxygens (including phenoxy) is 1. The molecule has 3 N–H and O–H groups in total. The van der Waals surface area contributed by atoms with E-state index >= 15 is 0 Å². The first kappa shape index (κ1) is 16.5. The third-order valence-corrected chi connectivity index (χ3v) is 3.35. The second-order valence-electron chi connectivity index (χ2n) is 5.04. The summed E-state index contributed by atoms with van der Waals surface area (Å²) in [6, 6.07) is 14.2. The average molecular weight is 312 g/mol. The zero-order valence-electron chi connectivity index (χ0n) is 13.0. The maximum atomic E-state index is 12.2. The molecule has 2 aromatic carbocycles. The number of para-hydroxylation sites is 2. The lowest BCUT2D eigenvalue weighted by molar-refractivity contribution is -0.143. The summed E-state index contributed by atoms with van der Waals surface area (Å²) >= 11 is 0. The van der Waals surface area contributed by atoms with Gasteiger partial charge in [0.05, 0.1) is 18.0 Å². The van der Waals surface area contributed by atoms with Crippen LogP contribution in [0.2, 0.25) is 0 Å². The van der Waals surface area contributed by atoms with Gasteiger partial charge < -0.3 is 15.8 Å². The van der Waals surface area contributed by atoms with E-state index in [2.05, 4.69) is 5.32 Å². The number of hydrogen-bond donors (Lipinski definition) is 2. The van der Waals surface area contributed by atoms with Crippen LogP contribution in [0.3, 0.4) is 0 Å². The Labute approximate surface area is 135 Å². The lowest BCUT2D eigenvalue weighted by atomic mass is 10.1. The lowest BCUT2D eigenvalue weighted by Crippen LogP contribution is -2.13. The van der Waals surface area contributed by atoms with Crippen LogP contribution in [-0.2, 0) is 16.0 Å². The van der Waals surface area contributed by atoms with E-state index < -0.39 is 0 Å². The van der Waals surface area contributed by atoms with Crippen molar-refractivity contribution in [2.75, 3.05) is 17.7 Å². The molecular formula is C18H20N2O3. The minimum Gasteiger partial charge on any atom is -0.466 e. The fourth-order valence-electron chi connectivity index (χ4n) is 2.11. The zero-order chi connectivity index (χ0) is 16.7. The van der Waals surface area contributed by atoms with E-state index in [-0.39, 0.29) is 11.9 Å². The third-order valence-electron chi connectivity index (χ3n) is 3.35. The van der Waals surface area contributed by atoms with E-state index in [1.54, 1.807) is 31.2 Å². The van der Waals surface area contributed by atoms with Gasteiger partial charge in [-0.25, -0.2) is 0 Å². The number of amides is 1. The average Bonchev–Trinajstić information content (AvgIpc) is 2.56. The number of nitrogens with one attached hydrogen (secondary N) is 1. The molecular weight excluding hydrogens is 292 g/mol. The molecule has 0 fully saturated rings. The zero-order valence-corrected chi connectivity index (χ0v) is 13.0. The van der Waals surface area contributed by atoms with Gasteiger partial charge in [0.25, 0.3) is 5.91 Å². The van der Waals surface area contributed by atoms with Crippen LogP contribution in [0.5, 0.6) is 0 Å². The van der Waals surface area contributed by atoms with Crippen LogP contribution in [-0.4, -0.2) is 18.5 Å². The molecule has 0 unspecified atom stereocenters. The van der Waals surface area contributed by atoms with E-state index in [1.807, 2.05) is 24.3 Å². The van der Waals surface area contributed by atoms with E-state index in [0.29, 0.717) is 36.4 Å². The molecule has 0 spiro atoms. The molecule has 0 aromatic heterocycles. The first-order valence-electron chi connectivity index (χ1n) is 7.50. The van der Waals surface area contributed by atoms with E-state index in [0.717, 1.165) is 5.56 Å². The van der Waals surface area contributed by atoms with E-state index in [9.17, 15) is 9.59 Å². The minimum atomic E-state index is -0.222. The van der Waals surface area contributed by atoms with Crippen LogP contribution in [0, 0.1) is 0 Å². The Balaban J connectivity index is 1.95. The molecule has 0 saturated carbocycles. The van der Waals surface area contributed by atoms with Crippen LogP contribution in [0.1, 0.15) is 29.3 Å². The molecule has 5 nitrogen and oxygen atoms in total. The van der Waals surface area contributed by atoms with Gasteiger partial charge in [-0.2, -0.15) is 0 Å². The molecule has 5 heteroatoms. The summed E-state index contributed by atoms with van der Waals surface area (Å²) < 4.78 is 4.89.